The van der Waals surface area contributed by atoms with Gasteiger partial charge < -0.3 is 5.73 Å². The number of benzene rings is 1. The maximum atomic E-state index is 5.52. The van der Waals surface area contributed by atoms with E-state index >= 15 is 0 Å². The highest BCUT2D eigenvalue weighted by molar-refractivity contribution is 5.55. The van der Waals surface area contributed by atoms with Crippen LogP contribution >= 0.6 is 0 Å². The fraction of sp³-hybridized carbons (Fsp3) is 0.467. The minimum absolute atomic E-state index is 0.624. The second kappa shape index (κ2) is 5.86. The molecule has 1 heteroatoms. The normalized spacial score (nSPS) is 18.1. The van der Waals surface area contributed by atoms with Crippen molar-refractivity contribution in [1.82, 2.24) is 0 Å². The molecule has 86 valence electrons. The molecule has 0 aromatic heterocycles. The lowest BCUT2D eigenvalue weighted by Crippen LogP contribution is -2.06. The molecule has 1 saturated carbocycles. The van der Waals surface area contributed by atoms with E-state index < -0.39 is 0 Å². The van der Waals surface area contributed by atoms with Gasteiger partial charge in [-0.05, 0) is 29.9 Å². The third kappa shape index (κ3) is 2.73. The highest BCUT2D eigenvalue weighted by atomic mass is 14.5. The summed E-state index contributed by atoms with van der Waals surface area (Å²) in [6, 6.07) is 8.76. The van der Waals surface area contributed by atoms with Gasteiger partial charge in [0.05, 0.1) is 0 Å². The van der Waals surface area contributed by atoms with Crippen molar-refractivity contribution >= 4 is 6.08 Å². The summed E-state index contributed by atoms with van der Waals surface area (Å²) in [5, 5.41) is 0. The molecule has 0 heterocycles. The van der Waals surface area contributed by atoms with Crippen LogP contribution in [-0.4, -0.2) is 6.54 Å². The van der Waals surface area contributed by atoms with Crippen LogP contribution in [0.4, 0.5) is 0 Å². The largest absolute Gasteiger partial charge is 0.327 e. The fourth-order valence-corrected chi connectivity index (χ4v) is 2.64. The quantitative estimate of drug-likeness (QED) is 0.817. The van der Waals surface area contributed by atoms with Crippen molar-refractivity contribution in [3.8, 4) is 0 Å². The summed E-state index contributed by atoms with van der Waals surface area (Å²) in [6.07, 6.45) is 11.1. The van der Waals surface area contributed by atoms with Crippen LogP contribution in [-0.2, 0) is 0 Å². The Labute approximate surface area is 98.4 Å². The first-order valence-electron chi connectivity index (χ1n) is 6.37. The molecule has 2 rings (SSSR count). The summed E-state index contributed by atoms with van der Waals surface area (Å²) in [6.45, 7) is 0.624. The predicted molar refractivity (Wildman–Crippen MR) is 70.4 cm³/mol. The lowest BCUT2D eigenvalue weighted by Gasteiger charge is -2.23. The van der Waals surface area contributed by atoms with Crippen LogP contribution in [0.3, 0.4) is 0 Å². The molecule has 2 N–H and O–H groups in total. The second-order valence-corrected chi connectivity index (χ2v) is 4.60. The van der Waals surface area contributed by atoms with Gasteiger partial charge in [0.2, 0.25) is 0 Å². The van der Waals surface area contributed by atoms with Crippen LogP contribution in [0.15, 0.2) is 30.3 Å². The molecule has 0 radical (unpaired) electrons. The Morgan fingerprint density at radius 1 is 1.12 bits per heavy atom. The summed E-state index contributed by atoms with van der Waals surface area (Å²) in [5.74, 6) is 0.771. The molecule has 0 saturated heterocycles. The Balaban J connectivity index is 2.20. The van der Waals surface area contributed by atoms with Crippen LogP contribution in [0.1, 0.15) is 49.1 Å². The van der Waals surface area contributed by atoms with E-state index in [1.54, 1.807) is 0 Å². The molecule has 1 aliphatic carbocycles. The molecule has 0 atom stereocenters. The minimum Gasteiger partial charge on any atom is -0.327 e. The summed E-state index contributed by atoms with van der Waals surface area (Å²) in [7, 11) is 0. The Bertz CT molecular complexity index is 348. The molecule has 0 aliphatic heterocycles. The number of rotatable bonds is 3. The van der Waals surface area contributed by atoms with Crippen LogP contribution in [0.5, 0.6) is 0 Å². The van der Waals surface area contributed by atoms with Gasteiger partial charge in [0.15, 0.2) is 0 Å². The van der Waals surface area contributed by atoms with Crippen molar-refractivity contribution in [3.63, 3.8) is 0 Å². The van der Waals surface area contributed by atoms with E-state index in [2.05, 4.69) is 30.3 Å². The number of hydrogen-bond donors (Lipinski definition) is 1. The Morgan fingerprint density at radius 2 is 1.88 bits per heavy atom. The molecule has 1 aromatic rings. The van der Waals surface area contributed by atoms with Crippen LogP contribution < -0.4 is 5.73 Å². The van der Waals surface area contributed by atoms with Gasteiger partial charge in [0.25, 0.3) is 0 Å². The summed E-state index contributed by atoms with van der Waals surface area (Å²) < 4.78 is 0. The highest BCUT2D eigenvalue weighted by Crippen LogP contribution is 2.34. The molecule has 1 fully saturated rings. The van der Waals surface area contributed by atoms with E-state index in [0.29, 0.717) is 6.54 Å². The van der Waals surface area contributed by atoms with E-state index in [1.807, 2.05) is 6.08 Å². The standard InChI is InChI=1S/C15H21N/c16-12-6-10-14-9-4-5-11-15(14)13-7-2-1-3-8-13/h4-6,9-11,13H,1-3,7-8,12,16H2/b10-6+. The third-order valence-corrected chi connectivity index (χ3v) is 3.47. The maximum Gasteiger partial charge on any atom is 0.0110 e. The van der Waals surface area contributed by atoms with Gasteiger partial charge in [-0.1, -0.05) is 55.7 Å². The molecule has 0 unspecified atom stereocenters. The molecular formula is C15H21N. The zero-order valence-electron chi connectivity index (χ0n) is 9.86. The average molecular weight is 215 g/mol. The molecule has 0 amide bonds. The number of hydrogen-bond acceptors (Lipinski definition) is 1. The Morgan fingerprint density at radius 3 is 2.62 bits per heavy atom. The lowest BCUT2D eigenvalue weighted by molar-refractivity contribution is 0.443. The van der Waals surface area contributed by atoms with Gasteiger partial charge in [-0.3, -0.25) is 0 Å². The molecule has 1 aromatic carbocycles. The summed E-state index contributed by atoms with van der Waals surface area (Å²) in [4.78, 5) is 0. The highest BCUT2D eigenvalue weighted by Gasteiger charge is 2.16. The molecule has 1 nitrogen and oxygen atoms in total. The van der Waals surface area contributed by atoms with Crippen LogP contribution in [0.25, 0.3) is 6.08 Å². The predicted octanol–water partition coefficient (Wildman–Crippen LogP) is 3.71. The van der Waals surface area contributed by atoms with Crippen molar-refractivity contribution in [2.24, 2.45) is 5.73 Å². The van der Waals surface area contributed by atoms with Gasteiger partial charge in [0, 0.05) is 6.54 Å². The molecule has 0 spiro atoms. The maximum absolute atomic E-state index is 5.52. The van der Waals surface area contributed by atoms with Crippen molar-refractivity contribution < 1.29 is 0 Å². The zero-order chi connectivity index (χ0) is 11.2. The van der Waals surface area contributed by atoms with E-state index in [4.69, 9.17) is 5.73 Å². The number of nitrogens with two attached hydrogens (primary N) is 1. The van der Waals surface area contributed by atoms with Gasteiger partial charge in [0.1, 0.15) is 0 Å². The second-order valence-electron chi connectivity index (χ2n) is 4.60. The average Bonchev–Trinajstić information content (AvgIpc) is 2.38. The Hall–Kier alpha value is -1.08. The topological polar surface area (TPSA) is 26.0 Å². The molecule has 0 bridgehead atoms. The SMILES string of the molecule is NC/C=C/c1ccccc1C1CCCCC1. The van der Waals surface area contributed by atoms with Gasteiger partial charge >= 0.3 is 0 Å². The first-order valence-corrected chi connectivity index (χ1v) is 6.37. The molecule has 1 aliphatic rings. The van der Waals surface area contributed by atoms with E-state index in [9.17, 15) is 0 Å². The van der Waals surface area contributed by atoms with Crippen molar-refractivity contribution in [2.75, 3.05) is 6.54 Å². The van der Waals surface area contributed by atoms with Gasteiger partial charge in [-0.25, -0.2) is 0 Å². The van der Waals surface area contributed by atoms with Crippen molar-refractivity contribution in [3.05, 3.63) is 41.5 Å². The Kier molecular flexibility index (Phi) is 4.17. The zero-order valence-corrected chi connectivity index (χ0v) is 9.86. The fourth-order valence-electron chi connectivity index (χ4n) is 2.64. The smallest absolute Gasteiger partial charge is 0.0110 e. The van der Waals surface area contributed by atoms with Gasteiger partial charge in [-0.2, -0.15) is 0 Å². The summed E-state index contributed by atoms with van der Waals surface area (Å²) in [5.41, 5.74) is 8.40. The van der Waals surface area contributed by atoms with E-state index in [-0.39, 0.29) is 0 Å². The first kappa shape index (κ1) is 11.4. The first-order chi connectivity index (χ1) is 7.92. The lowest BCUT2D eigenvalue weighted by atomic mass is 9.82. The van der Waals surface area contributed by atoms with Crippen molar-refractivity contribution in [1.29, 1.82) is 0 Å². The van der Waals surface area contributed by atoms with E-state index in [1.165, 1.54) is 43.2 Å². The summed E-state index contributed by atoms with van der Waals surface area (Å²) >= 11 is 0. The van der Waals surface area contributed by atoms with Crippen LogP contribution in [0, 0.1) is 0 Å². The third-order valence-electron chi connectivity index (χ3n) is 3.47. The molecular weight excluding hydrogens is 194 g/mol. The van der Waals surface area contributed by atoms with Crippen molar-refractivity contribution in [2.45, 2.75) is 38.0 Å². The van der Waals surface area contributed by atoms with Crippen LogP contribution in [0.2, 0.25) is 0 Å². The van der Waals surface area contributed by atoms with Gasteiger partial charge in [-0.15, -0.1) is 0 Å². The molecule has 16 heavy (non-hydrogen) atoms. The van der Waals surface area contributed by atoms with E-state index in [0.717, 1.165) is 5.92 Å². The monoisotopic (exact) mass is 215 g/mol. The minimum atomic E-state index is 0.624.